The molecule has 1 saturated carbocycles. The van der Waals surface area contributed by atoms with Gasteiger partial charge in [0.25, 0.3) is 5.91 Å². The second-order valence-corrected chi connectivity index (χ2v) is 18.6. The van der Waals surface area contributed by atoms with Gasteiger partial charge < -0.3 is 35.1 Å². The summed E-state index contributed by atoms with van der Waals surface area (Å²) in [5.74, 6) is -2.25. The van der Waals surface area contributed by atoms with Gasteiger partial charge in [0.15, 0.2) is 0 Å². The van der Waals surface area contributed by atoms with Crippen LogP contribution in [0.1, 0.15) is 84.2 Å². The van der Waals surface area contributed by atoms with Crippen molar-refractivity contribution in [3.8, 4) is 28.1 Å². The van der Waals surface area contributed by atoms with Crippen LogP contribution in [0.25, 0.3) is 33.3 Å². The Hall–Kier alpha value is -5.31. The number of esters is 1. The molecule has 7 rings (SSSR count). The van der Waals surface area contributed by atoms with E-state index in [9.17, 15) is 24.3 Å². The fourth-order valence-electron chi connectivity index (χ4n) is 9.50. The number of carbonyl (C=O) groups is 4. The van der Waals surface area contributed by atoms with Gasteiger partial charge in [0.1, 0.15) is 23.9 Å². The van der Waals surface area contributed by atoms with E-state index in [2.05, 4.69) is 54.3 Å². The summed E-state index contributed by atoms with van der Waals surface area (Å²) in [6, 6.07) is 12.4. The van der Waals surface area contributed by atoms with Crippen molar-refractivity contribution in [2.45, 2.75) is 111 Å². The normalized spacial score (nSPS) is 23.7. The largest absolute Gasteiger partial charge is 0.508 e. The third kappa shape index (κ3) is 8.82. The number of nitrogens with one attached hydrogen (secondary N) is 2. The van der Waals surface area contributed by atoms with Crippen molar-refractivity contribution in [1.82, 2.24) is 30.2 Å². The van der Waals surface area contributed by atoms with E-state index in [-0.39, 0.29) is 54.6 Å². The van der Waals surface area contributed by atoms with Crippen LogP contribution in [-0.4, -0.2) is 99.7 Å². The van der Waals surface area contributed by atoms with Crippen LogP contribution in [0.2, 0.25) is 0 Å². The lowest BCUT2D eigenvalue weighted by Crippen LogP contribution is -2.62. The van der Waals surface area contributed by atoms with Crippen molar-refractivity contribution < 1.29 is 33.8 Å². The molecule has 3 amide bonds. The van der Waals surface area contributed by atoms with E-state index in [0.29, 0.717) is 37.9 Å². The maximum atomic E-state index is 14.6. The molecule has 4 aromatic rings. The Bertz CT molecular complexity index is 2350. The van der Waals surface area contributed by atoms with E-state index < -0.39 is 41.3 Å². The molecule has 62 heavy (non-hydrogen) atoms. The van der Waals surface area contributed by atoms with E-state index in [1.165, 1.54) is 9.91 Å². The fraction of sp³-hybridized carbons (Fsp3) is 0.521. The van der Waals surface area contributed by atoms with Crippen LogP contribution in [-0.2, 0) is 48.0 Å². The lowest BCUT2D eigenvalue weighted by molar-refractivity contribution is -0.155. The smallest absolute Gasteiger partial charge is 0.324 e. The van der Waals surface area contributed by atoms with Gasteiger partial charge >= 0.3 is 5.97 Å². The van der Waals surface area contributed by atoms with Gasteiger partial charge in [-0.3, -0.25) is 29.2 Å². The molecule has 2 fully saturated rings. The minimum atomic E-state index is -1.12. The second-order valence-electron chi connectivity index (χ2n) is 18.6. The predicted octanol–water partition coefficient (Wildman–Crippen LogP) is 5.53. The highest BCUT2D eigenvalue weighted by molar-refractivity contribution is 5.96. The minimum absolute atomic E-state index is 0.00504. The molecule has 2 aromatic heterocycles. The summed E-state index contributed by atoms with van der Waals surface area (Å²) >= 11 is 0. The quantitative estimate of drug-likeness (QED) is 0.157. The number of aromatic hydroxyl groups is 1. The Morgan fingerprint density at radius 3 is 2.55 bits per heavy atom. The number of carbonyl (C=O) groups excluding carboxylic acids is 4. The van der Waals surface area contributed by atoms with Gasteiger partial charge in [-0.2, -0.15) is 0 Å². The zero-order valence-corrected chi connectivity index (χ0v) is 37.5. The molecule has 1 saturated heterocycles. The highest BCUT2D eigenvalue weighted by Crippen LogP contribution is 2.42. The molecule has 14 nitrogen and oxygen atoms in total. The molecule has 3 aliphatic rings. The lowest BCUT2D eigenvalue weighted by Gasteiger charge is -2.37. The number of likely N-dealkylation sites (N-methyl/N-ethyl adjacent to an activating group) is 1. The molecule has 0 unspecified atom stereocenters. The minimum Gasteiger partial charge on any atom is -0.508 e. The third-order valence-electron chi connectivity index (χ3n) is 13.1. The second kappa shape index (κ2) is 17.8. The number of hydrogen-bond donors (Lipinski definition) is 4. The number of fused-ring (bicyclic) bond motifs is 6. The summed E-state index contributed by atoms with van der Waals surface area (Å²) < 4.78 is 14.2. The van der Waals surface area contributed by atoms with Gasteiger partial charge in [-0.1, -0.05) is 46.8 Å². The molecule has 0 spiro atoms. The van der Waals surface area contributed by atoms with Crippen LogP contribution in [0.4, 0.5) is 0 Å². The number of methoxy groups -OCH3 is 1. The number of amides is 3. The van der Waals surface area contributed by atoms with Crippen molar-refractivity contribution in [2.75, 3.05) is 27.3 Å². The number of ether oxygens (including phenoxy) is 2. The number of benzene rings is 2. The monoisotopic (exact) mass is 849 g/mol. The summed E-state index contributed by atoms with van der Waals surface area (Å²) in [7, 11) is 3.28. The fourth-order valence-corrected chi connectivity index (χ4v) is 9.50. The first-order valence-electron chi connectivity index (χ1n) is 22.0. The highest BCUT2D eigenvalue weighted by Gasteiger charge is 2.52. The lowest BCUT2D eigenvalue weighted by atomic mass is 9.84. The zero-order chi connectivity index (χ0) is 44.8. The molecule has 1 aliphatic carbocycles. The van der Waals surface area contributed by atoms with Gasteiger partial charge in [0.05, 0.1) is 30.0 Å². The summed E-state index contributed by atoms with van der Waals surface area (Å²) in [4.78, 5) is 62.5. The molecule has 2 aromatic carbocycles. The number of cyclic esters (lactones) is 1. The SMILES string of the molecule is CCn1c(-c2cccnc2[C@H](C)OC)c2c3cc(ccc31)-c1cc(O)cc(c1)C[C@H](NC(=O)[C@H](C(C)C)N(C)C(=O)[C@H]1[C@@H](C)[C@@H]1N)C(=O)N1CCC[C@H](N1)C(=O)OCC(C)(C)C2. The van der Waals surface area contributed by atoms with E-state index >= 15 is 0 Å². The predicted molar refractivity (Wildman–Crippen MR) is 237 cm³/mol. The third-order valence-corrected chi connectivity index (χ3v) is 13.1. The van der Waals surface area contributed by atoms with Crippen LogP contribution in [0.15, 0.2) is 54.7 Å². The van der Waals surface area contributed by atoms with Gasteiger partial charge in [0.2, 0.25) is 11.8 Å². The summed E-state index contributed by atoms with van der Waals surface area (Å²) in [6.07, 6.45) is 3.06. The highest BCUT2D eigenvalue weighted by atomic mass is 16.5. The maximum absolute atomic E-state index is 14.6. The van der Waals surface area contributed by atoms with Crippen molar-refractivity contribution >= 4 is 34.6 Å². The molecule has 0 radical (unpaired) electrons. The Morgan fingerprint density at radius 2 is 1.87 bits per heavy atom. The van der Waals surface area contributed by atoms with Crippen LogP contribution in [0, 0.1) is 23.2 Å². The summed E-state index contributed by atoms with van der Waals surface area (Å²) in [5.41, 5.74) is 15.8. The number of phenols is 1. The standard InChI is InChI=1S/C48H63N7O7/c1-10-54-38-16-15-30-23-34(38)35(43(54)33-13-11-17-50-41(33)28(5)61-9)24-48(6,7)25-62-47(60)36-14-12-18-55(52-36)45(58)37(21-29-19-31(30)22-32(56)20-29)51-44(57)42(26(2)3)53(8)46(59)39-27(4)40(39)49/h11,13,15-17,19-20,22-23,26-28,36-37,39-40,42,52,56H,10,12,14,18,21,24-25,49H2,1-9H3,(H,51,57)/t27-,28+,36+,37+,39+,40+,42+/m1/s1. The van der Waals surface area contributed by atoms with Crippen LogP contribution < -0.4 is 16.5 Å². The van der Waals surface area contributed by atoms with Gasteiger partial charge in [-0.15, -0.1) is 0 Å². The average Bonchev–Trinajstić information content (AvgIpc) is 3.73. The number of aromatic nitrogens is 2. The molecule has 5 N–H and O–H groups in total. The van der Waals surface area contributed by atoms with Crippen LogP contribution in [0.3, 0.4) is 0 Å². The van der Waals surface area contributed by atoms with Crippen LogP contribution >= 0.6 is 0 Å². The van der Waals surface area contributed by atoms with Gasteiger partial charge in [-0.05, 0) is 104 Å². The summed E-state index contributed by atoms with van der Waals surface area (Å²) in [6.45, 7) is 15.0. The Balaban J connectivity index is 1.35. The van der Waals surface area contributed by atoms with Gasteiger partial charge in [0, 0.05) is 67.8 Å². The molecule has 6 bridgehead atoms. The molecule has 4 heterocycles. The molecule has 14 heteroatoms. The zero-order valence-electron chi connectivity index (χ0n) is 37.5. The number of aryl methyl sites for hydroxylation is 1. The van der Waals surface area contributed by atoms with Crippen LogP contribution in [0.5, 0.6) is 5.75 Å². The maximum Gasteiger partial charge on any atom is 0.324 e. The molecular formula is C48H63N7O7. The Morgan fingerprint density at radius 1 is 1.13 bits per heavy atom. The van der Waals surface area contributed by atoms with Crippen molar-refractivity contribution in [1.29, 1.82) is 0 Å². The first kappa shape index (κ1) is 44.7. The molecular weight excluding hydrogens is 787 g/mol. The number of hydrazine groups is 1. The topological polar surface area (TPSA) is 181 Å². The Labute approximate surface area is 364 Å². The Kier molecular flexibility index (Phi) is 12.9. The number of phenolic OH excluding ortho intramolecular Hbond substituents is 1. The van der Waals surface area contributed by atoms with E-state index in [1.54, 1.807) is 32.5 Å². The van der Waals surface area contributed by atoms with Crippen molar-refractivity contribution in [3.05, 3.63) is 71.5 Å². The number of nitrogens with zero attached hydrogens (tertiary/aromatic N) is 4. The number of hydrogen-bond acceptors (Lipinski definition) is 10. The summed E-state index contributed by atoms with van der Waals surface area (Å²) in [5, 5.41) is 16.7. The van der Waals surface area contributed by atoms with E-state index in [1.807, 2.05) is 45.9 Å². The van der Waals surface area contributed by atoms with Crippen molar-refractivity contribution in [2.24, 2.45) is 28.9 Å². The molecule has 332 valence electrons. The molecule has 2 aliphatic heterocycles. The molecule has 7 atom stereocenters. The average molecular weight is 850 g/mol. The number of pyridine rings is 1. The van der Waals surface area contributed by atoms with E-state index in [0.717, 1.165) is 44.5 Å². The number of rotatable bonds is 9. The first-order valence-corrected chi connectivity index (χ1v) is 22.0. The van der Waals surface area contributed by atoms with Gasteiger partial charge in [-0.25, -0.2) is 5.43 Å². The first-order chi connectivity index (χ1) is 29.4. The van der Waals surface area contributed by atoms with E-state index in [4.69, 9.17) is 20.2 Å². The number of nitrogens with two attached hydrogens (primary N) is 1. The van der Waals surface area contributed by atoms with Crippen molar-refractivity contribution in [3.63, 3.8) is 0 Å².